The highest BCUT2D eigenvalue weighted by atomic mass is 31.0. The molecule has 1 spiro atoms. The van der Waals surface area contributed by atoms with Crippen LogP contribution >= 0.6 is 9.24 Å². The number of hydrogen-bond acceptors (Lipinski definition) is 2. The van der Waals surface area contributed by atoms with Crippen LogP contribution in [0.4, 0.5) is 0 Å². The van der Waals surface area contributed by atoms with Gasteiger partial charge in [-0.25, -0.2) is 0 Å². The molecule has 1 aromatic rings. The SMILES string of the molecule is CP.c1ccc(CN2CCC3(CCNC3)C2)cc1. The predicted molar refractivity (Wildman–Crippen MR) is 81.9 cm³/mol. The number of nitrogens with zero attached hydrogens (tertiary/aromatic N) is 1. The topological polar surface area (TPSA) is 15.3 Å². The van der Waals surface area contributed by atoms with Gasteiger partial charge in [-0.1, -0.05) is 37.0 Å². The summed E-state index contributed by atoms with van der Waals surface area (Å²) in [6.07, 6.45) is 2.76. The first-order chi connectivity index (χ1) is 8.86. The Hall–Kier alpha value is -0.430. The third-order valence-electron chi connectivity index (χ3n) is 4.10. The maximum Gasteiger partial charge on any atom is 0.0233 e. The normalized spacial score (nSPS) is 27.2. The largest absolute Gasteiger partial charge is 0.316 e. The summed E-state index contributed by atoms with van der Waals surface area (Å²) in [5, 5.41) is 3.51. The molecule has 1 N–H and O–H groups in total. The molecule has 3 rings (SSSR count). The second-order valence-corrected chi connectivity index (χ2v) is 5.37. The summed E-state index contributed by atoms with van der Waals surface area (Å²) in [4.78, 5) is 2.61. The zero-order chi connectivity index (χ0) is 12.8. The van der Waals surface area contributed by atoms with Gasteiger partial charge in [-0.05, 0) is 36.9 Å². The zero-order valence-corrected chi connectivity index (χ0v) is 12.5. The molecule has 0 bridgehead atoms. The van der Waals surface area contributed by atoms with E-state index in [4.69, 9.17) is 0 Å². The van der Waals surface area contributed by atoms with E-state index in [0.29, 0.717) is 5.41 Å². The van der Waals surface area contributed by atoms with Crippen molar-refractivity contribution < 1.29 is 0 Å². The summed E-state index contributed by atoms with van der Waals surface area (Å²) in [5.41, 5.74) is 2.06. The van der Waals surface area contributed by atoms with Crippen LogP contribution in [0.15, 0.2) is 30.3 Å². The molecule has 0 radical (unpaired) electrons. The molecule has 2 fully saturated rings. The van der Waals surface area contributed by atoms with Crippen LogP contribution in [0.3, 0.4) is 0 Å². The Labute approximate surface area is 113 Å². The molecule has 100 valence electrons. The van der Waals surface area contributed by atoms with Crippen molar-refractivity contribution in [1.82, 2.24) is 10.2 Å². The molecule has 18 heavy (non-hydrogen) atoms. The number of likely N-dealkylation sites (tertiary alicyclic amines) is 1. The van der Waals surface area contributed by atoms with Crippen molar-refractivity contribution in [3.63, 3.8) is 0 Å². The third-order valence-corrected chi connectivity index (χ3v) is 4.10. The van der Waals surface area contributed by atoms with E-state index in [1.165, 1.54) is 44.6 Å². The van der Waals surface area contributed by atoms with Crippen LogP contribution in [0.1, 0.15) is 18.4 Å². The van der Waals surface area contributed by atoms with Gasteiger partial charge in [0.05, 0.1) is 0 Å². The Morgan fingerprint density at radius 1 is 1.22 bits per heavy atom. The molecule has 2 nitrogen and oxygen atoms in total. The second kappa shape index (κ2) is 6.65. The van der Waals surface area contributed by atoms with Gasteiger partial charge in [0.2, 0.25) is 0 Å². The minimum atomic E-state index is 0.606. The molecule has 2 aliphatic heterocycles. The summed E-state index contributed by atoms with van der Waals surface area (Å²) in [6.45, 7) is 8.06. The lowest BCUT2D eigenvalue weighted by molar-refractivity contribution is 0.268. The number of rotatable bonds is 2. The summed E-state index contributed by atoms with van der Waals surface area (Å²) in [6, 6.07) is 10.8. The Morgan fingerprint density at radius 2 is 2.00 bits per heavy atom. The smallest absolute Gasteiger partial charge is 0.0233 e. The first-order valence-corrected chi connectivity index (χ1v) is 8.07. The summed E-state index contributed by atoms with van der Waals surface area (Å²) in [5.74, 6) is 0. The minimum Gasteiger partial charge on any atom is -0.316 e. The fourth-order valence-corrected chi connectivity index (χ4v) is 3.15. The van der Waals surface area contributed by atoms with Crippen molar-refractivity contribution in [2.75, 3.05) is 32.8 Å². The summed E-state index contributed by atoms with van der Waals surface area (Å²) in [7, 11) is 2.42. The van der Waals surface area contributed by atoms with E-state index in [-0.39, 0.29) is 0 Å². The Bertz CT molecular complexity index is 347. The van der Waals surface area contributed by atoms with E-state index in [0.717, 1.165) is 6.54 Å². The van der Waals surface area contributed by atoms with Crippen molar-refractivity contribution in [2.45, 2.75) is 19.4 Å². The lowest BCUT2D eigenvalue weighted by Crippen LogP contribution is -2.28. The molecule has 2 saturated heterocycles. The van der Waals surface area contributed by atoms with Crippen molar-refractivity contribution in [3.8, 4) is 0 Å². The van der Waals surface area contributed by atoms with Gasteiger partial charge in [0.15, 0.2) is 0 Å². The highest BCUT2D eigenvalue weighted by molar-refractivity contribution is 7.15. The lowest BCUT2D eigenvalue weighted by atomic mass is 9.87. The second-order valence-electron chi connectivity index (χ2n) is 5.37. The molecule has 2 unspecified atom stereocenters. The van der Waals surface area contributed by atoms with Crippen LogP contribution in [0, 0.1) is 5.41 Å². The molecule has 3 heteroatoms. The minimum absolute atomic E-state index is 0.606. The van der Waals surface area contributed by atoms with Gasteiger partial charge in [-0.3, -0.25) is 4.90 Å². The van der Waals surface area contributed by atoms with Crippen LogP contribution < -0.4 is 5.32 Å². The zero-order valence-electron chi connectivity index (χ0n) is 11.4. The molecule has 2 aliphatic rings. The van der Waals surface area contributed by atoms with Gasteiger partial charge >= 0.3 is 0 Å². The quantitative estimate of drug-likeness (QED) is 0.825. The fraction of sp³-hybridized carbons (Fsp3) is 0.600. The standard InChI is InChI=1S/C14H20N2.CH5P/c1-2-4-13(5-3-1)10-16-9-7-14(12-16)6-8-15-11-14;1-2/h1-5,15H,6-12H2;2H2,1H3. The molecule has 0 amide bonds. The van der Waals surface area contributed by atoms with Crippen LogP contribution in [-0.2, 0) is 6.54 Å². The van der Waals surface area contributed by atoms with Gasteiger partial charge in [0.25, 0.3) is 0 Å². The van der Waals surface area contributed by atoms with E-state index in [1.807, 2.05) is 6.66 Å². The number of hydrogen-bond donors (Lipinski definition) is 1. The van der Waals surface area contributed by atoms with Gasteiger partial charge in [-0.15, -0.1) is 9.24 Å². The van der Waals surface area contributed by atoms with Crippen LogP contribution in [0.5, 0.6) is 0 Å². The first-order valence-electron chi connectivity index (χ1n) is 6.91. The van der Waals surface area contributed by atoms with Crippen LogP contribution in [0.25, 0.3) is 0 Å². The maximum atomic E-state index is 3.51. The van der Waals surface area contributed by atoms with Crippen LogP contribution in [0.2, 0.25) is 0 Å². The average Bonchev–Trinajstić information content (AvgIpc) is 3.04. The van der Waals surface area contributed by atoms with Crippen molar-refractivity contribution in [2.24, 2.45) is 5.41 Å². The van der Waals surface area contributed by atoms with E-state index >= 15 is 0 Å². The van der Waals surface area contributed by atoms with Gasteiger partial charge in [-0.2, -0.15) is 0 Å². The molecule has 0 aromatic heterocycles. The molecule has 0 aliphatic carbocycles. The van der Waals surface area contributed by atoms with Crippen molar-refractivity contribution in [3.05, 3.63) is 35.9 Å². The molecule has 2 heterocycles. The van der Waals surface area contributed by atoms with E-state index in [1.54, 1.807) is 0 Å². The van der Waals surface area contributed by atoms with E-state index < -0.39 is 0 Å². The van der Waals surface area contributed by atoms with E-state index in [2.05, 4.69) is 49.8 Å². The lowest BCUT2D eigenvalue weighted by Gasteiger charge is -2.22. The average molecular weight is 264 g/mol. The fourth-order valence-electron chi connectivity index (χ4n) is 3.15. The van der Waals surface area contributed by atoms with Crippen molar-refractivity contribution >= 4 is 9.24 Å². The molecule has 1 aromatic carbocycles. The summed E-state index contributed by atoms with van der Waals surface area (Å²) < 4.78 is 0. The van der Waals surface area contributed by atoms with Gasteiger partial charge in [0, 0.05) is 19.6 Å². The Balaban J connectivity index is 0.000000574. The van der Waals surface area contributed by atoms with Crippen molar-refractivity contribution in [1.29, 1.82) is 0 Å². The highest BCUT2D eigenvalue weighted by Gasteiger charge is 2.39. The highest BCUT2D eigenvalue weighted by Crippen LogP contribution is 2.36. The first kappa shape index (κ1) is 14.0. The Morgan fingerprint density at radius 3 is 2.67 bits per heavy atom. The molecule has 2 atom stereocenters. The third kappa shape index (κ3) is 3.32. The van der Waals surface area contributed by atoms with Crippen LogP contribution in [-0.4, -0.2) is 37.7 Å². The molecule has 0 saturated carbocycles. The van der Waals surface area contributed by atoms with Gasteiger partial charge < -0.3 is 5.32 Å². The maximum absolute atomic E-state index is 3.51. The van der Waals surface area contributed by atoms with E-state index in [9.17, 15) is 0 Å². The predicted octanol–water partition coefficient (Wildman–Crippen LogP) is 2.36. The Kier molecular flexibility index (Phi) is 5.17. The summed E-state index contributed by atoms with van der Waals surface area (Å²) >= 11 is 0. The number of benzene rings is 1. The monoisotopic (exact) mass is 264 g/mol. The number of nitrogens with one attached hydrogen (secondary N) is 1. The molecular weight excluding hydrogens is 239 g/mol. The van der Waals surface area contributed by atoms with Gasteiger partial charge in [0.1, 0.15) is 0 Å². The molecular formula is C15H25N2P.